The lowest BCUT2D eigenvalue weighted by Gasteiger charge is -2.23. The summed E-state index contributed by atoms with van der Waals surface area (Å²) in [5.74, 6) is 1.20. The van der Waals surface area contributed by atoms with Gasteiger partial charge in [0, 0.05) is 45.1 Å². The molecule has 156 valence electrons. The summed E-state index contributed by atoms with van der Waals surface area (Å²) in [6.45, 7) is 5.55. The highest BCUT2D eigenvalue weighted by Gasteiger charge is 2.38. The zero-order valence-electron chi connectivity index (χ0n) is 16.4. The van der Waals surface area contributed by atoms with Crippen molar-refractivity contribution >= 4 is 18.2 Å². The van der Waals surface area contributed by atoms with Crippen LogP contribution >= 0.6 is 0 Å². The fourth-order valence-electron chi connectivity index (χ4n) is 4.26. The first-order valence-electron chi connectivity index (χ1n) is 9.83. The topological polar surface area (TPSA) is 91.6 Å². The van der Waals surface area contributed by atoms with E-state index in [4.69, 9.17) is 9.90 Å². The SMILES string of the molecule is CCn1nccc1C(=O)N1C[C@H]2CCN(c3ncccc3F)CC[C@H]2C1.O=CO. The zero-order valence-corrected chi connectivity index (χ0v) is 16.4. The molecular weight excluding hydrogens is 377 g/mol. The van der Waals surface area contributed by atoms with Crippen molar-refractivity contribution in [3.8, 4) is 0 Å². The van der Waals surface area contributed by atoms with E-state index in [9.17, 15) is 9.18 Å². The fourth-order valence-corrected chi connectivity index (χ4v) is 4.26. The molecule has 2 aliphatic heterocycles. The predicted octanol–water partition coefficient (Wildman–Crippen LogP) is 2.13. The van der Waals surface area contributed by atoms with Crippen LogP contribution < -0.4 is 4.90 Å². The number of likely N-dealkylation sites (tertiary alicyclic amines) is 1. The summed E-state index contributed by atoms with van der Waals surface area (Å²) < 4.78 is 15.8. The lowest BCUT2D eigenvalue weighted by molar-refractivity contribution is -0.122. The average Bonchev–Trinajstić information content (AvgIpc) is 3.32. The molecule has 0 radical (unpaired) electrons. The highest BCUT2D eigenvalue weighted by molar-refractivity contribution is 5.92. The molecule has 2 aliphatic rings. The number of hydrogen-bond donors (Lipinski definition) is 1. The molecule has 0 spiro atoms. The van der Waals surface area contributed by atoms with Gasteiger partial charge in [-0.2, -0.15) is 5.10 Å². The maximum atomic E-state index is 14.0. The summed E-state index contributed by atoms with van der Waals surface area (Å²) in [6.07, 6.45) is 5.24. The summed E-state index contributed by atoms with van der Waals surface area (Å²) in [4.78, 5) is 29.4. The van der Waals surface area contributed by atoms with Gasteiger partial charge in [0.15, 0.2) is 11.6 Å². The number of nitrogens with zero attached hydrogens (tertiary/aromatic N) is 5. The normalized spacial score (nSPS) is 21.0. The molecule has 4 heterocycles. The number of carboxylic acid groups (broad SMARTS) is 1. The molecule has 0 bridgehead atoms. The van der Waals surface area contributed by atoms with Crippen LogP contribution in [0.15, 0.2) is 30.6 Å². The molecule has 1 N–H and O–H groups in total. The van der Waals surface area contributed by atoms with Crippen molar-refractivity contribution in [2.75, 3.05) is 31.1 Å². The number of pyridine rings is 1. The van der Waals surface area contributed by atoms with Crippen LogP contribution in [-0.4, -0.2) is 63.3 Å². The van der Waals surface area contributed by atoms with Crippen LogP contribution in [0.1, 0.15) is 30.3 Å². The molecule has 9 heteroatoms. The van der Waals surface area contributed by atoms with Gasteiger partial charge in [-0.25, -0.2) is 9.37 Å². The molecular formula is C20H26FN5O3. The third-order valence-electron chi connectivity index (χ3n) is 5.68. The van der Waals surface area contributed by atoms with Crippen molar-refractivity contribution in [2.45, 2.75) is 26.3 Å². The van der Waals surface area contributed by atoms with Gasteiger partial charge < -0.3 is 14.9 Å². The molecule has 0 unspecified atom stereocenters. The molecule has 29 heavy (non-hydrogen) atoms. The lowest BCUT2D eigenvalue weighted by atomic mass is 9.92. The van der Waals surface area contributed by atoms with E-state index in [1.54, 1.807) is 29.2 Å². The van der Waals surface area contributed by atoms with Crippen LogP contribution in [0.2, 0.25) is 0 Å². The van der Waals surface area contributed by atoms with Gasteiger partial charge >= 0.3 is 0 Å². The summed E-state index contributed by atoms with van der Waals surface area (Å²) in [5.41, 5.74) is 0.668. The first kappa shape index (κ1) is 20.8. The van der Waals surface area contributed by atoms with Gasteiger partial charge in [0.1, 0.15) is 5.69 Å². The minimum Gasteiger partial charge on any atom is -0.483 e. The van der Waals surface area contributed by atoms with Crippen molar-refractivity contribution in [2.24, 2.45) is 11.8 Å². The van der Waals surface area contributed by atoms with Crippen molar-refractivity contribution in [1.29, 1.82) is 0 Å². The Bertz CT molecular complexity index is 827. The Morgan fingerprint density at radius 2 is 1.90 bits per heavy atom. The minimum absolute atomic E-state index is 0.0741. The second kappa shape index (κ2) is 9.49. The third kappa shape index (κ3) is 4.55. The quantitative estimate of drug-likeness (QED) is 0.790. The third-order valence-corrected chi connectivity index (χ3v) is 5.68. The number of aryl methyl sites for hydroxylation is 1. The van der Waals surface area contributed by atoms with Crippen LogP contribution in [0.3, 0.4) is 0 Å². The van der Waals surface area contributed by atoms with Crippen LogP contribution in [0, 0.1) is 17.7 Å². The second-order valence-corrected chi connectivity index (χ2v) is 7.24. The van der Waals surface area contributed by atoms with E-state index >= 15 is 0 Å². The van der Waals surface area contributed by atoms with Gasteiger partial charge in [-0.1, -0.05) is 0 Å². The Morgan fingerprint density at radius 3 is 2.48 bits per heavy atom. The minimum atomic E-state index is -0.260. The maximum absolute atomic E-state index is 14.0. The largest absolute Gasteiger partial charge is 0.483 e. The Morgan fingerprint density at radius 1 is 1.24 bits per heavy atom. The monoisotopic (exact) mass is 403 g/mol. The van der Waals surface area contributed by atoms with E-state index in [-0.39, 0.29) is 18.2 Å². The van der Waals surface area contributed by atoms with Crippen molar-refractivity contribution < 1.29 is 19.1 Å². The highest BCUT2D eigenvalue weighted by Crippen LogP contribution is 2.33. The van der Waals surface area contributed by atoms with Crippen molar-refractivity contribution in [3.63, 3.8) is 0 Å². The van der Waals surface area contributed by atoms with Gasteiger partial charge in [0.25, 0.3) is 12.4 Å². The smallest absolute Gasteiger partial charge is 0.290 e. The maximum Gasteiger partial charge on any atom is 0.290 e. The molecule has 2 aromatic rings. The number of halogens is 1. The Hall–Kier alpha value is -2.97. The first-order chi connectivity index (χ1) is 14.1. The molecule has 8 nitrogen and oxygen atoms in total. The number of anilines is 1. The summed E-state index contributed by atoms with van der Waals surface area (Å²) in [6, 6.07) is 4.88. The molecule has 2 aromatic heterocycles. The molecule has 1 amide bonds. The number of fused-ring (bicyclic) bond motifs is 1. The molecule has 4 rings (SSSR count). The molecule has 2 atom stereocenters. The molecule has 0 aliphatic carbocycles. The second-order valence-electron chi connectivity index (χ2n) is 7.24. The van der Waals surface area contributed by atoms with Crippen LogP contribution in [-0.2, 0) is 11.3 Å². The van der Waals surface area contributed by atoms with Gasteiger partial charge in [-0.15, -0.1) is 0 Å². The molecule has 2 saturated heterocycles. The lowest BCUT2D eigenvalue weighted by Crippen LogP contribution is -2.32. The van der Waals surface area contributed by atoms with E-state index in [1.807, 2.05) is 16.7 Å². The van der Waals surface area contributed by atoms with Crippen molar-refractivity contribution in [1.82, 2.24) is 19.7 Å². The number of amides is 1. The molecule has 0 aromatic carbocycles. The summed E-state index contributed by atoms with van der Waals surface area (Å²) in [5, 5.41) is 11.1. The van der Waals surface area contributed by atoms with E-state index in [1.165, 1.54) is 6.07 Å². The van der Waals surface area contributed by atoms with Gasteiger partial charge in [-0.3, -0.25) is 14.3 Å². The fraction of sp³-hybridized carbons (Fsp3) is 0.500. The number of rotatable bonds is 3. The summed E-state index contributed by atoms with van der Waals surface area (Å²) in [7, 11) is 0. The van der Waals surface area contributed by atoms with Crippen LogP contribution in [0.4, 0.5) is 10.2 Å². The van der Waals surface area contributed by atoms with Crippen molar-refractivity contribution in [3.05, 3.63) is 42.1 Å². The van der Waals surface area contributed by atoms with Gasteiger partial charge in [-0.05, 0) is 49.8 Å². The number of carbonyl (C=O) groups excluding carboxylic acids is 1. The van der Waals surface area contributed by atoms with Gasteiger partial charge in [0.2, 0.25) is 0 Å². The standard InChI is InChI=1S/C19H24FN5O.CH2O2/c1-2-25-17(5-9-22-25)19(26)24-12-14-6-10-23(11-7-15(14)13-24)18-16(20)4-3-8-21-18;2-1-3/h3-5,8-9,14-15H,2,6-7,10-13H2,1H3;1H,(H,2,3)/t14-,15+;. The Balaban J connectivity index is 0.000000755. The first-order valence-corrected chi connectivity index (χ1v) is 9.83. The zero-order chi connectivity index (χ0) is 20.8. The predicted molar refractivity (Wildman–Crippen MR) is 105 cm³/mol. The van der Waals surface area contributed by atoms with Crippen LogP contribution in [0.5, 0.6) is 0 Å². The van der Waals surface area contributed by atoms with Gasteiger partial charge in [0.05, 0.1) is 0 Å². The number of carbonyl (C=O) groups is 2. The summed E-state index contributed by atoms with van der Waals surface area (Å²) >= 11 is 0. The Labute approximate surface area is 168 Å². The van der Waals surface area contributed by atoms with E-state index in [2.05, 4.69) is 10.1 Å². The number of aromatic nitrogens is 3. The van der Waals surface area contributed by atoms with Crippen LogP contribution in [0.25, 0.3) is 0 Å². The highest BCUT2D eigenvalue weighted by atomic mass is 19.1. The number of hydrogen-bond acceptors (Lipinski definition) is 5. The van der Waals surface area contributed by atoms with E-state index in [0.717, 1.165) is 39.0 Å². The molecule has 0 saturated carbocycles. The average molecular weight is 403 g/mol. The van der Waals surface area contributed by atoms with E-state index in [0.29, 0.717) is 29.9 Å². The molecule has 2 fully saturated rings. The Kier molecular flexibility index (Phi) is 6.79. The van der Waals surface area contributed by atoms with E-state index < -0.39 is 0 Å².